The lowest BCUT2D eigenvalue weighted by atomic mass is 10.1. The van der Waals surface area contributed by atoms with Crippen molar-refractivity contribution in [2.75, 3.05) is 13.1 Å². The summed E-state index contributed by atoms with van der Waals surface area (Å²) in [5, 5.41) is 5.32. The molecular formula is C23H39F3N2O3. The molecule has 1 aromatic carbocycles. The van der Waals surface area contributed by atoms with Crippen molar-refractivity contribution in [3.63, 3.8) is 0 Å². The van der Waals surface area contributed by atoms with Crippen molar-refractivity contribution in [2.24, 2.45) is 0 Å². The van der Waals surface area contributed by atoms with Gasteiger partial charge in [-0.3, -0.25) is 4.79 Å². The second kappa shape index (κ2) is 16.4. The largest absolute Gasteiger partial charge is 0.444 e. The Morgan fingerprint density at radius 2 is 1.32 bits per heavy atom. The first-order valence-electron chi connectivity index (χ1n) is 10.8. The van der Waals surface area contributed by atoms with Crippen LogP contribution in [0.5, 0.6) is 0 Å². The molecule has 0 spiro atoms. The Morgan fingerprint density at radius 1 is 0.871 bits per heavy atom. The number of halogens is 3. The van der Waals surface area contributed by atoms with Crippen LogP contribution in [0.4, 0.5) is 18.0 Å². The molecule has 0 aliphatic heterocycles. The first-order chi connectivity index (χ1) is 14.4. The summed E-state index contributed by atoms with van der Waals surface area (Å²) < 4.78 is 41.8. The van der Waals surface area contributed by atoms with Crippen molar-refractivity contribution in [1.82, 2.24) is 10.6 Å². The van der Waals surface area contributed by atoms with Gasteiger partial charge in [-0.05, 0) is 57.9 Å². The summed E-state index contributed by atoms with van der Waals surface area (Å²) in [6.07, 6.45) is -0.803. The van der Waals surface area contributed by atoms with Gasteiger partial charge in [0.2, 0.25) is 0 Å². The highest BCUT2D eigenvalue weighted by atomic mass is 19.4. The standard InChI is InChI=1S/C12H14F3NO.C9H19NO2.C2H6/c1-2-3-8-16-11(17)9-4-6-10(7-5-9)12(13,14)15;1-5-6-7-10-8(11)12-9(2,3)4;1-2/h4-7H,2-3,8H2,1H3,(H,16,17);5-7H2,1-4H3,(H,10,11);1-2H3. The van der Waals surface area contributed by atoms with Crippen LogP contribution < -0.4 is 10.6 Å². The van der Waals surface area contributed by atoms with E-state index in [0.717, 1.165) is 37.8 Å². The van der Waals surface area contributed by atoms with Crippen molar-refractivity contribution in [1.29, 1.82) is 0 Å². The Labute approximate surface area is 185 Å². The molecular weight excluding hydrogens is 409 g/mol. The van der Waals surface area contributed by atoms with Gasteiger partial charge in [-0.1, -0.05) is 40.5 Å². The van der Waals surface area contributed by atoms with Crippen LogP contribution in [-0.2, 0) is 10.9 Å². The van der Waals surface area contributed by atoms with Gasteiger partial charge in [-0.25, -0.2) is 4.79 Å². The van der Waals surface area contributed by atoms with Crippen molar-refractivity contribution < 1.29 is 27.5 Å². The van der Waals surface area contributed by atoms with Crippen LogP contribution in [0.25, 0.3) is 0 Å². The number of ether oxygens (including phenoxy) is 1. The van der Waals surface area contributed by atoms with Crippen LogP contribution >= 0.6 is 0 Å². The maximum atomic E-state index is 12.3. The highest BCUT2D eigenvalue weighted by molar-refractivity contribution is 5.94. The van der Waals surface area contributed by atoms with Crippen LogP contribution in [0, 0.1) is 0 Å². The van der Waals surface area contributed by atoms with Crippen molar-refractivity contribution >= 4 is 12.0 Å². The zero-order chi connectivity index (χ0) is 24.5. The van der Waals surface area contributed by atoms with E-state index >= 15 is 0 Å². The van der Waals surface area contributed by atoms with Crippen LogP contribution in [0.15, 0.2) is 24.3 Å². The van der Waals surface area contributed by atoms with Crippen molar-refractivity contribution in [2.45, 2.75) is 85.9 Å². The summed E-state index contributed by atoms with van der Waals surface area (Å²) in [4.78, 5) is 22.5. The molecule has 0 heterocycles. The number of benzene rings is 1. The molecule has 0 saturated carbocycles. The van der Waals surface area contributed by atoms with Crippen LogP contribution in [-0.4, -0.2) is 30.7 Å². The molecule has 0 aliphatic carbocycles. The van der Waals surface area contributed by atoms with E-state index in [4.69, 9.17) is 4.74 Å². The molecule has 5 nitrogen and oxygen atoms in total. The van der Waals surface area contributed by atoms with Gasteiger partial charge in [0, 0.05) is 18.7 Å². The average molecular weight is 449 g/mol. The first-order valence-corrected chi connectivity index (χ1v) is 10.8. The van der Waals surface area contributed by atoms with E-state index in [1.807, 2.05) is 41.5 Å². The Balaban J connectivity index is 0. The minimum Gasteiger partial charge on any atom is -0.444 e. The smallest absolute Gasteiger partial charge is 0.416 e. The monoisotopic (exact) mass is 448 g/mol. The predicted octanol–water partition coefficient (Wildman–Crippen LogP) is 6.57. The number of carbonyl (C=O) groups excluding carboxylic acids is 2. The average Bonchev–Trinajstić information content (AvgIpc) is 2.68. The highest BCUT2D eigenvalue weighted by Gasteiger charge is 2.30. The van der Waals surface area contributed by atoms with Crippen LogP contribution in [0.1, 0.15) is 90.1 Å². The number of rotatable bonds is 7. The number of unbranched alkanes of at least 4 members (excludes halogenated alkanes) is 2. The van der Waals surface area contributed by atoms with E-state index in [1.165, 1.54) is 12.1 Å². The van der Waals surface area contributed by atoms with E-state index in [0.29, 0.717) is 13.1 Å². The number of alkyl halides is 3. The zero-order valence-electron chi connectivity index (χ0n) is 19.9. The van der Waals surface area contributed by atoms with Gasteiger partial charge < -0.3 is 15.4 Å². The molecule has 180 valence electrons. The molecule has 31 heavy (non-hydrogen) atoms. The predicted molar refractivity (Wildman–Crippen MR) is 119 cm³/mol. The van der Waals surface area contributed by atoms with E-state index < -0.39 is 17.3 Å². The second-order valence-electron chi connectivity index (χ2n) is 7.47. The topological polar surface area (TPSA) is 67.4 Å². The van der Waals surface area contributed by atoms with Gasteiger partial charge in [0.05, 0.1) is 5.56 Å². The maximum Gasteiger partial charge on any atom is 0.416 e. The molecule has 1 aromatic rings. The number of nitrogens with one attached hydrogen (secondary N) is 2. The molecule has 0 aliphatic rings. The fraction of sp³-hybridized carbons (Fsp3) is 0.652. The number of hydrogen-bond donors (Lipinski definition) is 2. The van der Waals surface area contributed by atoms with E-state index in [1.54, 1.807) is 0 Å². The van der Waals surface area contributed by atoms with Crippen molar-refractivity contribution in [3.8, 4) is 0 Å². The lowest BCUT2D eigenvalue weighted by molar-refractivity contribution is -0.137. The molecule has 2 N–H and O–H groups in total. The molecule has 2 amide bonds. The van der Waals surface area contributed by atoms with Crippen LogP contribution in [0.2, 0.25) is 0 Å². The quantitative estimate of drug-likeness (QED) is 0.463. The van der Waals surface area contributed by atoms with E-state index in [-0.39, 0.29) is 17.6 Å². The summed E-state index contributed by atoms with van der Waals surface area (Å²) in [5.41, 5.74) is -0.896. The summed E-state index contributed by atoms with van der Waals surface area (Å²) in [6.45, 7) is 14.9. The van der Waals surface area contributed by atoms with Gasteiger partial charge in [-0.2, -0.15) is 13.2 Å². The third kappa shape index (κ3) is 17.2. The lowest BCUT2D eigenvalue weighted by Crippen LogP contribution is -2.32. The maximum absolute atomic E-state index is 12.3. The van der Waals surface area contributed by atoms with Gasteiger partial charge in [0.25, 0.3) is 5.91 Å². The number of alkyl carbamates (subject to hydrolysis) is 1. The highest BCUT2D eigenvalue weighted by Crippen LogP contribution is 2.29. The Hall–Kier alpha value is -2.25. The van der Waals surface area contributed by atoms with E-state index in [2.05, 4.69) is 17.6 Å². The minimum atomic E-state index is -4.36. The number of carbonyl (C=O) groups is 2. The van der Waals surface area contributed by atoms with Crippen LogP contribution in [0.3, 0.4) is 0 Å². The molecule has 0 atom stereocenters. The van der Waals surface area contributed by atoms with E-state index in [9.17, 15) is 22.8 Å². The molecule has 8 heteroatoms. The first kappa shape index (κ1) is 30.9. The fourth-order valence-electron chi connectivity index (χ4n) is 1.97. The van der Waals surface area contributed by atoms with Crippen molar-refractivity contribution in [3.05, 3.63) is 35.4 Å². The molecule has 0 radical (unpaired) electrons. The second-order valence-corrected chi connectivity index (χ2v) is 7.47. The Morgan fingerprint density at radius 3 is 1.71 bits per heavy atom. The van der Waals surface area contributed by atoms with Gasteiger partial charge in [-0.15, -0.1) is 0 Å². The number of amides is 2. The summed E-state index contributed by atoms with van der Waals surface area (Å²) in [7, 11) is 0. The fourth-order valence-corrected chi connectivity index (χ4v) is 1.97. The summed E-state index contributed by atoms with van der Waals surface area (Å²) in [5.74, 6) is -0.341. The molecule has 0 unspecified atom stereocenters. The SMILES string of the molecule is CC.CCCCNC(=O)OC(C)(C)C.CCCCNC(=O)c1ccc(C(F)(F)F)cc1. The summed E-state index contributed by atoms with van der Waals surface area (Å²) in [6, 6.07) is 4.19. The van der Waals surface area contributed by atoms with Gasteiger partial charge in [0.1, 0.15) is 5.60 Å². The molecule has 0 aromatic heterocycles. The molecule has 0 bridgehead atoms. The normalized spacial score (nSPS) is 10.6. The molecule has 0 saturated heterocycles. The Bertz CT molecular complexity index is 610. The Kier molecular flexibility index (Phi) is 16.4. The van der Waals surface area contributed by atoms with Gasteiger partial charge >= 0.3 is 12.3 Å². The zero-order valence-corrected chi connectivity index (χ0v) is 19.9. The third-order valence-electron chi connectivity index (χ3n) is 3.49. The minimum absolute atomic E-state index is 0.245. The number of hydrogen-bond acceptors (Lipinski definition) is 3. The third-order valence-corrected chi connectivity index (χ3v) is 3.49. The molecule has 1 rings (SSSR count). The van der Waals surface area contributed by atoms with Gasteiger partial charge in [0.15, 0.2) is 0 Å². The summed E-state index contributed by atoms with van der Waals surface area (Å²) >= 11 is 0. The molecule has 0 fully saturated rings. The lowest BCUT2D eigenvalue weighted by Gasteiger charge is -2.19.